The van der Waals surface area contributed by atoms with Gasteiger partial charge in [0.05, 0.1) is 12.7 Å². The van der Waals surface area contributed by atoms with Crippen LogP contribution in [0, 0.1) is 5.92 Å². The molecule has 1 aliphatic carbocycles. The molecule has 1 heterocycles. The monoisotopic (exact) mass is 329 g/mol. The second-order valence-electron chi connectivity index (χ2n) is 7.33. The van der Waals surface area contributed by atoms with Gasteiger partial charge in [0, 0.05) is 51.2 Å². The predicted molar refractivity (Wildman–Crippen MR) is 96.6 cm³/mol. The first-order chi connectivity index (χ1) is 10.6. The van der Waals surface area contributed by atoms with Gasteiger partial charge in [0.1, 0.15) is 0 Å². The van der Waals surface area contributed by atoms with Gasteiger partial charge in [-0.3, -0.25) is 9.80 Å². The van der Waals surface area contributed by atoms with Crippen LogP contribution in [0.2, 0.25) is 0 Å². The Bertz CT molecular complexity index is 302. The van der Waals surface area contributed by atoms with Crippen LogP contribution in [0.4, 0.5) is 0 Å². The SMILES string of the molecule is CSCN(C)[C@H]1C[C@H](OCCN2CCN(CC(C)C)CC2)C1. The summed E-state index contributed by atoms with van der Waals surface area (Å²) < 4.78 is 6.04. The van der Waals surface area contributed by atoms with Gasteiger partial charge in [-0.15, -0.1) is 11.8 Å². The maximum atomic E-state index is 6.04. The zero-order valence-electron chi connectivity index (χ0n) is 15.0. The van der Waals surface area contributed by atoms with E-state index >= 15 is 0 Å². The van der Waals surface area contributed by atoms with Crippen LogP contribution >= 0.6 is 11.8 Å². The molecular formula is C17H35N3OS. The average Bonchev–Trinajstić information content (AvgIpc) is 2.42. The molecule has 0 aromatic rings. The summed E-state index contributed by atoms with van der Waals surface area (Å²) in [4.78, 5) is 7.62. The number of hydrogen-bond donors (Lipinski definition) is 0. The van der Waals surface area contributed by atoms with Crippen LogP contribution < -0.4 is 0 Å². The molecule has 2 fully saturated rings. The van der Waals surface area contributed by atoms with Crippen molar-refractivity contribution in [3.05, 3.63) is 0 Å². The number of piperazine rings is 1. The van der Waals surface area contributed by atoms with Crippen molar-refractivity contribution in [2.24, 2.45) is 5.92 Å². The van der Waals surface area contributed by atoms with Crippen molar-refractivity contribution in [2.45, 2.75) is 38.8 Å². The van der Waals surface area contributed by atoms with Crippen LogP contribution in [0.3, 0.4) is 0 Å². The lowest BCUT2D eigenvalue weighted by molar-refractivity contribution is -0.0492. The average molecular weight is 330 g/mol. The van der Waals surface area contributed by atoms with E-state index in [0.29, 0.717) is 6.10 Å². The Kier molecular flexibility index (Phi) is 7.98. The van der Waals surface area contributed by atoms with Crippen LogP contribution in [0.25, 0.3) is 0 Å². The third kappa shape index (κ3) is 6.00. The first-order valence-electron chi connectivity index (χ1n) is 8.84. The van der Waals surface area contributed by atoms with Crippen molar-refractivity contribution in [1.82, 2.24) is 14.7 Å². The minimum Gasteiger partial charge on any atom is -0.377 e. The molecule has 0 radical (unpaired) electrons. The summed E-state index contributed by atoms with van der Waals surface area (Å²) in [5.74, 6) is 1.92. The lowest BCUT2D eigenvalue weighted by atomic mass is 9.88. The molecule has 130 valence electrons. The summed E-state index contributed by atoms with van der Waals surface area (Å²) in [7, 11) is 2.23. The van der Waals surface area contributed by atoms with Crippen molar-refractivity contribution in [2.75, 3.05) is 65.1 Å². The molecule has 0 amide bonds. The summed E-state index contributed by atoms with van der Waals surface area (Å²) in [6, 6.07) is 0.747. The fraction of sp³-hybridized carbons (Fsp3) is 1.00. The quantitative estimate of drug-likeness (QED) is 0.601. The summed E-state index contributed by atoms with van der Waals surface area (Å²) in [5, 5.41) is 0. The van der Waals surface area contributed by atoms with Gasteiger partial charge in [-0.2, -0.15) is 0 Å². The predicted octanol–water partition coefficient (Wildman–Crippen LogP) is 2.06. The Labute approximate surface area is 141 Å². The molecule has 0 atom stereocenters. The zero-order valence-corrected chi connectivity index (χ0v) is 15.8. The lowest BCUT2D eigenvalue weighted by Crippen LogP contribution is -2.49. The number of thioether (sulfide) groups is 1. The highest BCUT2D eigenvalue weighted by Gasteiger charge is 2.32. The topological polar surface area (TPSA) is 19.0 Å². The van der Waals surface area contributed by atoms with E-state index in [1.807, 2.05) is 11.8 Å². The van der Waals surface area contributed by atoms with E-state index in [9.17, 15) is 0 Å². The molecule has 0 aromatic heterocycles. The third-order valence-corrected chi connectivity index (χ3v) is 5.54. The molecule has 22 heavy (non-hydrogen) atoms. The molecule has 0 spiro atoms. The van der Waals surface area contributed by atoms with Crippen LogP contribution in [-0.2, 0) is 4.74 Å². The summed E-state index contributed by atoms with van der Waals surface area (Å²) in [6.07, 6.45) is 5.12. The van der Waals surface area contributed by atoms with Crippen molar-refractivity contribution in [3.63, 3.8) is 0 Å². The van der Waals surface area contributed by atoms with Gasteiger partial charge < -0.3 is 9.64 Å². The molecule has 4 nitrogen and oxygen atoms in total. The fourth-order valence-electron chi connectivity index (χ4n) is 3.40. The number of ether oxygens (including phenoxy) is 1. The van der Waals surface area contributed by atoms with Gasteiger partial charge in [-0.25, -0.2) is 0 Å². The summed E-state index contributed by atoms with van der Waals surface area (Å²) in [6.45, 7) is 12.7. The van der Waals surface area contributed by atoms with Crippen molar-refractivity contribution < 1.29 is 4.74 Å². The maximum absolute atomic E-state index is 6.04. The Hall–Kier alpha value is 0.190. The molecule has 0 aromatic carbocycles. The Morgan fingerprint density at radius 2 is 1.77 bits per heavy atom. The highest BCUT2D eigenvalue weighted by Crippen LogP contribution is 2.28. The fourth-order valence-corrected chi connectivity index (χ4v) is 4.02. The van der Waals surface area contributed by atoms with E-state index in [1.165, 1.54) is 45.6 Å². The highest BCUT2D eigenvalue weighted by atomic mass is 32.2. The van der Waals surface area contributed by atoms with Crippen molar-refractivity contribution in [3.8, 4) is 0 Å². The molecular weight excluding hydrogens is 294 g/mol. The van der Waals surface area contributed by atoms with E-state index in [1.54, 1.807) is 0 Å². The smallest absolute Gasteiger partial charge is 0.0605 e. The Morgan fingerprint density at radius 1 is 1.14 bits per heavy atom. The molecule has 0 unspecified atom stereocenters. The van der Waals surface area contributed by atoms with Gasteiger partial charge in [0.2, 0.25) is 0 Å². The van der Waals surface area contributed by atoms with Crippen LogP contribution in [0.1, 0.15) is 26.7 Å². The first-order valence-corrected chi connectivity index (χ1v) is 10.2. The van der Waals surface area contributed by atoms with Crippen molar-refractivity contribution in [1.29, 1.82) is 0 Å². The van der Waals surface area contributed by atoms with Gasteiger partial charge in [-0.05, 0) is 32.1 Å². The number of nitrogens with zero attached hydrogens (tertiary/aromatic N) is 3. The largest absolute Gasteiger partial charge is 0.377 e. The van der Waals surface area contributed by atoms with E-state index in [-0.39, 0.29) is 0 Å². The van der Waals surface area contributed by atoms with E-state index < -0.39 is 0 Å². The summed E-state index contributed by atoms with van der Waals surface area (Å²) >= 11 is 1.90. The summed E-state index contributed by atoms with van der Waals surface area (Å²) in [5.41, 5.74) is 0. The molecule has 5 heteroatoms. The Morgan fingerprint density at radius 3 is 2.36 bits per heavy atom. The van der Waals surface area contributed by atoms with Crippen molar-refractivity contribution >= 4 is 11.8 Å². The second-order valence-corrected chi connectivity index (χ2v) is 8.16. The third-order valence-electron chi connectivity index (χ3n) is 4.88. The minimum absolute atomic E-state index is 0.511. The molecule has 2 aliphatic rings. The molecule has 0 N–H and O–H groups in total. The number of hydrogen-bond acceptors (Lipinski definition) is 5. The highest BCUT2D eigenvalue weighted by molar-refractivity contribution is 7.98. The van der Waals surface area contributed by atoms with Gasteiger partial charge in [-0.1, -0.05) is 13.8 Å². The van der Waals surface area contributed by atoms with Crippen LogP contribution in [0.15, 0.2) is 0 Å². The molecule has 2 rings (SSSR count). The molecule has 1 saturated heterocycles. The Balaban J connectivity index is 1.49. The van der Waals surface area contributed by atoms with E-state index in [4.69, 9.17) is 4.74 Å². The number of rotatable bonds is 9. The normalized spacial score (nSPS) is 27.5. The van der Waals surface area contributed by atoms with Crippen LogP contribution in [-0.4, -0.2) is 91.9 Å². The van der Waals surface area contributed by atoms with Gasteiger partial charge in [0.15, 0.2) is 0 Å². The van der Waals surface area contributed by atoms with E-state index in [0.717, 1.165) is 31.0 Å². The minimum atomic E-state index is 0.511. The first kappa shape index (κ1) is 18.5. The maximum Gasteiger partial charge on any atom is 0.0605 e. The standard InChI is InChI=1S/C17H35N3OS/c1-15(2)13-20-7-5-19(6-8-20)9-10-21-17-11-16(12-17)18(3)14-22-4/h15-17H,5-14H2,1-4H3/t16-,17-. The van der Waals surface area contributed by atoms with Crippen LogP contribution in [0.5, 0.6) is 0 Å². The molecule has 1 saturated carbocycles. The lowest BCUT2D eigenvalue weighted by Gasteiger charge is -2.41. The molecule has 0 bridgehead atoms. The second kappa shape index (κ2) is 9.48. The molecule has 1 aliphatic heterocycles. The van der Waals surface area contributed by atoms with Gasteiger partial charge >= 0.3 is 0 Å². The van der Waals surface area contributed by atoms with Gasteiger partial charge in [0.25, 0.3) is 0 Å². The van der Waals surface area contributed by atoms with E-state index in [2.05, 4.69) is 41.9 Å². The zero-order chi connectivity index (χ0) is 15.9.